The minimum atomic E-state index is -0.242. The quantitative estimate of drug-likeness (QED) is 0.376. The lowest BCUT2D eigenvalue weighted by Gasteiger charge is -2.19. The van der Waals surface area contributed by atoms with Gasteiger partial charge in [0.2, 0.25) is 0 Å². The highest BCUT2D eigenvalue weighted by Crippen LogP contribution is 2.10. The highest BCUT2D eigenvalue weighted by atomic mass is 16.6. The zero-order valence-corrected chi connectivity index (χ0v) is 16.0. The van der Waals surface area contributed by atoms with E-state index in [-0.39, 0.29) is 36.4 Å². The van der Waals surface area contributed by atoms with E-state index in [0.29, 0.717) is 12.8 Å². The topological polar surface area (TPSA) is 71.1 Å². The number of unbranched alkanes of at least 4 members (excludes halogenated alkanes) is 3. The Hall–Kier alpha value is -1.14. The van der Waals surface area contributed by atoms with E-state index in [9.17, 15) is 9.59 Å². The largest absolute Gasteiger partial charge is 0.460 e. The van der Waals surface area contributed by atoms with Crippen LogP contribution in [0.5, 0.6) is 0 Å². The van der Waals surface area contributed by atoms with Crippen LogP contribution >= 0.6 is 0 Å². The third-order valence-corrected chi connectivity index (χ3v) is 4.21. The highest BCUT2D eigenvalue weighted by molar-refractivity contribution is 5.70. The SMILES string of the molecule is COC(C)C(C)OC(=O)CCCCCCC(=O)OC(C)C(C)OC. The molecule has 0 saturated heterocycles. The summed E-state index contributed by atoms with van der Waals surface area (Å²) in [6.45, 7) is 7.38. The van der Waals surface area contributed by atoms with E-state index < -0.39 is 0 Å². The van der Waals surface area contributed by atoms with Gasteiger partial charge in [-0.1, -0.05) is 12.8 Å². The maximum atomic E-state index is 11.7. The molecule has 0 heterocycles. The summed E-state index contributed by atoms with van der Waals surface area (Å²) in [6, 6.07) is 0. The third-order valence-electron chi connectivity index (χ3n) is 4.21. The van der Waals surface area contributed by atoms with Crippen LogP contribution < -0.4 is 0 Å². The van der Waals surface area contributed by atoms with Gasteiger partial charge in [0.1, 0.15) is 12.2 Å². The molecule has 0 rings (SSSR count). The number of carbonyl (C=O) groups excluding carboxylic acids is 2. The molecule has 0 fully saturated rings. The molecule has 0 bridgehead atoms. The molecule has 0 aromatic heterocycles. The van der Waals surface area contributed by atoms with Gasteiger partial charge in [-0.2, -0.15) is 0 Å². The Labute approximate surface area is 146 Å². The first kappa shape index (κ1) is 22.9. The average Bonchev–Trinajstić information content (AvgIpc) is 2.55. The molecule has 0 amide bonds. The van der Waals surface area contributed by atoms with Gasteiger partial charge in [0.15, 0.2) is 0 Å². The Morgan fingerprint density at radius 2 is 0.958 bits per heavy atom. The zero-order chi connectivity index (χ0) is 18.5. The maximum Gasteiger partial charge on any atom is 0.306 e. The molecule has 0 aliphatic rings. The van der Waals surface area contributed by atoms with Gasteiger partial charge in [-0.05, 0) is 40.5 Å². The van der Waals surface area contributed by atoms with Gasteiger partial charge in [-0.25, -0.2) is 0 Å². The summed E-state index contributed by atoms with van der Waals surface area (Å²) in [5.74, 6) is -0.402. The summed E-state index contributed by atoms with van der Waals surface area (Å²) < 4.78 is 20.8. The fourth-order valence-corrected chi connectivity index (χ4v) is 2.00. The molecule has 0 aromatic carbocycles. The summed E-state index contributed by atoms with van der Waals surface area (Å²) in [4.78, 5) is 23.3. The molecule has 6 heteroatoms. The Morgan fingerprint density at radius 1 is 0.625 bits per heavy atom. The van der Waals surface area contributed by atoms with Crippen molar-refractivity contribution in [3.63, 3.8) is 0 Å². The number of esters is 2. The smallest absolute Gasteiger partial charge is 0.306 e. The molecule has 0 aromatic rings. The van der Waals surface area contributed by atoms with E-state index in [2.05, 4.69) is 0 Å². The second-order valence-corrected chi connectivity index (χ2v) is 6.19. The number of ether oxygens (including phenoxy) is 4. The first-order valence-electron chi connectivity index (χ1n) is 8.76. The van der Waals surface area contributed by atoms with Crippen molar-refractivity contribution in [3.8, 4) is 0 Å². The lowest BCUT2D eigenvalue weighted by atomic mass is 10.1. The predicted molar refractivity (Wildman–Crippen MR) is 91.8 cm³/mol. The Bertz CT molecular complexity index is 323. The predicted octanol–water partition coefficient (Wildman–Crippen LogP) is 3.26. The first-order valence-corrected chi connectivity index (χ1v) is 8.76. The van der Waals surface area contributed by atoms with Gasteiger partial charge in [-0.3, -0.25) is 9.59 Å². The molecule has 142 valence electrons. The van der Waals surface area contributed by atoms with Crippen LogP contribution in [-0.2, 0) is 28.5 Å². The molecule has 4 atom stereocenters. The van der Waals surface area contributed by atoms with Gasteiger partial charge in [0.25, 0.3) is 0 Å². The molecule has 0 N–H and O–H groups in total. The van der Waals surface area contributed by atoms with E-state index in [4.69, 9.17) is 18.9 Å². The molecular weight excluding hydrogens is 312 g/mol. The second-order valence-electron chi connectivity index (χ2n) is 6.19. The van der Waals surface area contributed by atoms with Gasteiger partial charge < -0.3 is 18.9 Å². The van der Waals surface area contributed by atoms with Crippen LogP contribution in [0.3, 0.4) is 0 Å². The number of rotatable bonds is 13. The minimum absolute atomic E-state index is 0.108. The standard InChI is InChI=1S/C18H34O6/c1-13(21-5)15(3)23-17(19)11-9-7-8-10-12-18(20)24-16(4)14(2)22-6/h13-16H,7-12H2,1-6H3. The lowest BCUT2D eigenvalue weighted by Crippen LogP contribution is -2.27. The molecular formula is C18H34O6. The Kier molecular flexibility index (Phi) is 12.6. The van der Waals surface area contributed by atoms with Crippen molar-refractivity contribution < 1.29 is 28.5 Å². The normalized spacial score (nSPS) is 16.1. The van der Waals surface area contributed by atoms with Gasteiger partial charge in [0, 0.05) is 27.1 Å². The number of carbonyl (C=O) groups is 2. The summed E-state index contributed by atoms with van der Waals surface area (Å²) in [5, 5.41) is 0. The van der Waals surface area contributed by atoms with E-state index >= 15 is 0 Å². The second kappa shape index (κ2) is 13.2. The molecule has 0 radical (unpaired) electrons. The molecule has 6 nitrogen and oxygen atoms in total. The van der Waals surface area contributed by atoms with Crippen molar-refractivity contribution >= 4 is 11.9 Å². The molecule has 0 spiro atoms. The van der Waals surface area contributed by atoms with Crippen molar-refractivity contribution in [1.82, 2.24) is 0 Å². The van der Waals surface area contributed by atoms with E-state index in [1.54, 1.807) is 14.2 Å². The molecule has 0 saturated carbocycles. The average molecular weight is 346 g/mol. The molecule has 24 heavy (non-hydrogen) atoms. The zero-order valence-electron chi connectivity index (χ0n) is 16.0. The fraction of sp³-hybridized carbons (Fsp3) is 0.889. The summed E-state index contributed by atoms with van der Waals surface area (Å²) in [5.41, 5.74) is 0. The highest BCUT2D eigenvalue weighted by Gasteiger charge is 2.17. The van der Waals surface area contributed by atoms with Gasteiger partial charge in [-0.15, -0.1) is 0 Å². The molecule has 4 unspecified atom stereocenters. The molecule has 0 aliphatic heterocycles. The van der Waals surface area contributed by atoms with E-state index in [0.717, 1.165) is 25.7 Å². The van der Waals surface area contributed by atoms with Crippen molar-refractivity contribution in [2.24, 2.45) is 0 Å². The third kappa shape index (κ3) is 10.6. The first-order chi connectivity index (χ1) is 11.3. The van der Waals surface area contributed by atoms with Crippen molar-refractivity contribution in [2.75, 3.05) is 14.2 Å². The fourth-order valence-electron chi connectivity index (χ4n) is 2.00. The van der Waals surface area contributed by atoms with E-state index in [1.807, 2.05) is 27.7 Å². The Morgan fingerprint density at radius 3 is 1.25 bits per heavy atom. The van der Waals surface area contributed by atoms with Crippen LogP contribution in [0.4, 0.5) is 0 Å². The molecule has 0 aliphatic carbocycles. The Balaban J connectivity index is 3.66. The van der Waals surface area contributed by atoms with Crippen LogP contribution in [0.15, 0.2) is 0 Å². The summed E-state index contributed by atoms with van der Waals surface area (Å²) in [6.07, 6.45) is 3.40. The van der Waals surface area contributed by atoms with Crippen LogP contribution in [0.1, 0.15) is 66.2 Å². The van der Waals surface area contributed by atoms with Crippen LogP contribution in [0.2, 0.25) is 0 Å². The number of hydrogen-bond acceptors (Lipinski definition) is 6. The monoisotopic (exact) mass is 346 g/mol. The van der Waals surface area contributed by atoms with E-state index in [1.165, 1.54) is 0 Å². The van der Waals surface area contributed by atoms with Gasteiger partial charge in [0.05, 0.1) is 12.2 Å². The van der Waals surface area contributed by atoms with Gasteiger partial charge >= 0.3 is 11.9 Å². The van der Waals surface area contributed by atoms with Crippen LogP contribution in [-0.4, -0.2) is 50.6 Å². The number of hydrogen-bond donors (Lipinski definition) is 0. The van der Waals surface area contributed by atoms with Crippen LogP contribution in [0, 0.1) is 0 Å². The van der Waals surface area contributed by atoms with Crippen molar-refractivity contribution in [3.05, 3.63) is 0 Å². The maximum absolute atomic E-state index is 11.7. The van der Waals surface area contributed by atoms with Crippen molar-refractivity contribution in [1.29, 1.82) is 0 Å². The minimum Gasteiger partial charge on any atom is -0.460 e. The summed E-state index contributed by atoms with van der Waals surface area (Å²) in [7, 11) is 3.19. The number of methoxy groups -OCH3 is 2. The van der Waals surface area contributed by atoms with Crippen LogP contribution in [0.25, 0.3) is 0 Å². The summed E-state index contributed by atoms with van der Waals surface area (Å²) >= 11 is 0. The van der Waals surface area contributed by atoms with Crippen molar-refractivity contribution in [2.45, 2.75) is 90.6 Å². The lowest BCUT2D eigenvalue weighted by molar-refractivity contribution is -0.155.